The average Bonchev–Trinajstić information content (AvgIpc) is 3.67. The molecule has 1 amide bonds. The number of hydrogen-bond donors (Lipinski definition) is 1. The van der Waals surface area contributed by atoms with Crippen molar-refractivity contribution in [3.63, 3.8) is 0 Å². The van der Waals surface area contributed by atoms with Crippen molar-refractivity contribution < 1.29 is 28.6 Å². The smallest absolute Gasteiger partial charge is 0.296 e. The summed E-state index contributed by atoms with van der Waals surface area (Å²) in [5.74, 6) is -1.66. The van der Waals surface area contributed by atoms with Gasteiger partial charge in [0, 0.05) is 25.5 Å². The normalized spacial score (nSPS) is 26.1. The Morgan fingerprint density at radius 2 is 2.00 bits per heavy atom. The van der Waals surface area contributed by atoms with Gasteiger partial charge in [-0.25, -0.2) is 9.37 Å². The molecular formula is C26H29ClFN3O6. The maximum absolute atomic E-state index is 14.2. The Bertz CT molecular complexity index is 1310. The van der Waals surface area contributed by atoms with Gasteiger partial charge in [0.15, 0.2) is 11.5 Å². The number of amides is 1. The summed E-state index contributed by atoms with van der Waals surface area (Å²) in [6, 6.07) is 1.50. The van der Waals surface area contributed by atoms with Gasteiger partial charge in [-0.2, -0.15) is 0 Å². The molecule has 1 saturated carbocycles. The monoisotopic (exact) mass is 533 g/mol. The number of Topliss-reactive ketones (excluding diaryl/α,β-unsaturated/α-hetero) is 1. The van der Waals surface area contributed by atoms with Crippen LogP contribution >= 0.6 is 11.6 Å². The Labute approximate surface area is 218 Å². The highest BCUT2D eigenvalue weighted by atomic mass is 35.5. The standard InChI is InChI=1S/C26H29ClFN3O6/c1-3-15-11-36-12-19-24-29-22(23(33)26(35)31(15)24)20(32)5-4-14-9-17(27)18(28)10-21(14)37-7-6-13-8-16(13)25(34)30(19)2/h9-10,13,15-16,19,33H,3-8,11-12H2,1-2H3/t13?,15-,16?,19+/m0/s1. The van der Waals surface area contributed by atoms with Crippen LogP contribution in [0.2, 0.25) is 5.02 Å². The van der Waals surface area contributed by atoms with Crippen molar-refractivity contribution >= 4 is 23.3 Å². The van der Waals surface area contributed by atoms with Gasteiger partial charge >= 0.3 is 0 Å². The number of halogens is 2. The number of benzene rings is 1. The number of ether oxygens (including phenoxy) is 2. The van der Waals surface area contributed by atoms with Crippen molar-refractivity contribution in [2.24, 2.45) is 11.8 Å². The summed E-state index contributed by atoms with van der Waals surface area (Å²) in [4.78, 5) is 46.0. The van der Waals surface area contributed by atoms with E-state index in [1.165, 1.54) is 21.6 Å². The van der Waals surface area contributed by atoms with E-state index in [1.54, 1.807) is 7.05 Å². The Balaban J connectivity index is 1.61. The van der Waals surface area contributed by atoms with Crippen LogP contribution in [0.1, 0.15) is 66.6 Å². The molecule has 2 bridgehead atoms. The second-order valence-electron chi connectivity index (χ2n) is 9.94. The zero-order valence-corrected chi connectivity index (χ0v) is 21.5. The quantitative estimate of drug-likeness (QED) is 0.597. The summed E-state index contributed by atoms with van der Waals surface area (Å²) in [6.45, 7) is 2.50. The Morgan fingerprint density at radius 1 is 1.22 bits per heavy atom. The van der Waals surface area contributed by atoms with Crippen LogP contribution in [0.4, 0.5) is 4.39 Å². The number of nitrogens with zero attached hydrogens (tertiary/aromatic N) is 3. The number of rotatable bonds is 1. The SMILES string of the molecule is CC[C@H]1COC[C@@H]2c3nc(c(O)c(=O)n31)C(=O)CCc1cc(Cl)c(F)cc1OCCC1CC1C(=O)N2C. The third-order valence-corrected chi connectivity index (χ3v) is 7.92. The van der Waals surface area contributed by atoms with Crippen LogP contribution in [0.25, 0.3) is 0 Å². The van der Waals surface area contributed by atoms with Gasteiger partial charge in [-0.05, 0) is 43.2 Å². The van der Waals surface area contributed by atoms with E-state index in [2.05, 4.69) is 4.98 Å². The van der Waals surface area contributed by atoms with Crippen LogP contribution in [0.5, 0.6) is 11.5 Å². The van der Waals surface area contributed by atoms with Crippen LogP contribution in [0.15, 0.2) is 16.9 Å². The molecule has 1 aromatic heterocycles. The Hall–Kier alpha value is -2.98. The molecule has 1 N–H and O–H groups in total. The Kier molecular flexibility index (Phi) is 6.97. The van der Waals surface area contributed by atoms with Crippen molar-refractivity contribution in [3.05, 3.63) is 50.4 Å². The minimum absolute atomic E-state index is 0.0993. The molecule has 5 rings (SSSR count). The first-order valence-electron chi connectivity index (χ1n) is 12.5. The highest BCUT2D eigenvalue weighted by molar-refractivity contribution is 6.30. The molecule has 4 atom stereocenters. The third-order valence-electron chi connectivity index (χ3n) is 7.63. The zero-order valence-electron chi connectivity index (χ0n) is 20.7. The Morgan fingerprint density at radius 3 is 2.76 bits per heavy atom. The minimum Gasteiger partial charge on any atom is -0.501 e. The lowest BCUT2D eigenvalue weighted by Crippen LogP contribution is -2.39. The van der Waals surface area contributed by atoms with E-state index < -0.39 is 35.0 Å². The number of fused-ring (bicyclic) bond motifs is 3. The summed E-state index contributed by atoms with van der Waals surface area (Å²) in [5, 5.41) is 10.7. The molecule has 2 unspecified atom stereocenters. The van der Waals surface area contributed by atoms with Crippen LogP contribution < -0.4 is 10.3 Å². The fourth-order valence-corrected chi connectivity index (χ4v) is 5.43. The molecule has 1 fully saturated rings. The fourth-order valence-electron chi connectivity index (χ4n) is 5.24. The van der Waals surface area contributed by atoms with E-state index in [0.29, 0.717) is 24.8 Å². The first-order valence-corrected chi connectivity index (χ1v) is 12.9. The second kappa shape index (κ2) is 10.1. The molecule has 0 saturated heterocycles. The largest absolute Gasteiger partial charge is 0.501 e. The van der Waals surface area contributed by atoms with Crippen LogP contribution in [0.3, 0.4) is 0 Å². The molecule has 1 aliphatic carbocycles. The first kappa shape index (κ1) is 25.7. The van der Waals surface area contributed by atoms with Crippen molar-refractivity contribution in [2.75, 3.05) is 26.9 Å². The van der Waals surface area contributed by atoms with Gasteiger partial charge < -0.3 is 19.5 Å². The molecule has 9 nitrogen and oxygen atoms in total. The fraction of sp³-hybridized carbons (Fsp3) is 0.538. The molecule has 3 heterocycles. The molecular weight excluding hydrogens is 505 g/mol. The van der Waals surface area contributed by atoms with Gasteiger partial charge in [-0.15, -0.1) is 0 Å². The highest BCUT2D eigenvalue weighted by Gasteiger charge is 2.46. The zero-order chi connectivity index (χ0) is 26.4. The third kappa shape index (κ3) is 4.72. The molecule has 0 radical (unpaired) electrons. The summed E-state index contributed by atoms with van der Waals surface area (Å²) in [6.07, 6.45) is 1.85. The van der Waals surface area contributed by atoms with E-state index >= 15 is 0 Å². The predicted molar refractivity (Wildman–Crippen MR) is 132 cm³/mol. The van der Waals surface area contributed by atoms with E-state index in [1.807, 2.05) is 6.92 Å². The maximum Gasteiger partial charge on any atom is 0.296 e. The molecule has 198 valence electrons. The summed E-state index contributed by atoms with van der Waals surface area (Å²) in [7, 11) is 1.64. The lowest BCUT2D eigenvalue weighted by atomic mass is 10.0. The lowest BCUT2D eigenvalue weighted by molar-refractivity contribution is -0.135. The van der Waals surface area contributed by atoms with Crippen molar-refractivity contribution in [2.45, 2.75) is 51.1 Å². The maximum atomic E-state index is 14.2. The number of carbonyl (C=O) groups is 2. The summed E-state index contributed by atoms with van der Waals surface area (Å²) < 4.78 is 27.2. The highest BCUT2D eigenvalue weighted by Crippen LogP contribution is 2.44. The van der Waals surface area contributed by atoms with Crippen molar-refractivity contribution in [1.29, 1.82) is 0 Å². The molecule has 2 aliphatic heterocycles. The van der Waals surface area contributed by atoms with E-state index in [-0.39, 0.29) is 72.7 Å². The van der Waals surface area contributed by atoms with E-state index in [9.17, 15) is 23.9 Å². The molecule has 1 aromatic carbocycles. The molecule has 37 heavy (non-hydrogen) atoms. The minimum atomic E-state index is -0.740. The molecule has 3 aliphatic rings. The number of aromatic hydroxyl groups is 1. The predicted octanol–water partition coefficient (Wildman–Crippen LogP) is 3.46. The number of ketones is 1. The van der Waals surface area contributed by atoms with Gasteiger partial charge in [0.05, 0.1) is 30.9 Å². The first-order chi connectivity index (χ1) is 17.7. The lowest BCUT2D eigenvalue weighted by Gasteiger charge is -2.29. The van der Waals surface area contributed by atoms with Gasteiger partial charge in [-0.3, -0.25) is 19.0 Å². The van der Waals surface area contributed by atoms with Gasteiger partial charge in [-0.1, -0.05) is 18.5 Å². The number of hydrogen-bond acceptors (Lipinski definition) is 7. The van der Waals surface area contributed by atoms with Crippen molar-refractivity contribution in [3.8, 4) is 11.5 Å². The van der Waals surface area contributed by atoms with E-state index in [4.69, 9.17) is 21.1 Å². The summed E-state index contributed by atoms with van der Waals surface area (Å²) >= 11 is 5.99. The van der Waals surface area contributed by atoms with Gasteiger partial charge in [0.1, 0.15) is 23.4 Å². The molecule has 2 aromatic rings. The van der Waals surface area contributed by atoms with Crippen LogP contribution in [-0.2, 0) is 16.0 Å². The number of carbonyl (C=O) groups excluding carboxylic acids is 2. The number of aromatic nitrogens is 2. The van der Waals surface area contributed by atoms with Crippen molar-refractivity contribution in [1.82, 2.24) is 14.5 Å². The topological polar surface area (TPSA) is 111 Å². The number of likely N-dealkylation sites (N-methyl/N-ethyl adjacent to an activating group) is 1. The molecule has 11 heteroatoms. The van der Waals surface area contributed by atoms with Crippen LogP contribution in [-0.4, -0.2) is 58.1 Å². The van der Waals surface area contributed by atoms with E-state index in [0.717, 1.165) is 0 Å². The number of aryl methyl sites for hydroxylation is 1. The molecule has 0 spiro atoms. The van der Waals surface area contributed by atoms with Crippen LogP contribution in [0, 0.1) is 17.7 Å². The average molecular weight is 534 g/mol. The van der Waals surface area contributed by atoms with Gasteiger partial charge in [0.2, 0.25) is 11.7 Å². The summed E-state index contributed by atoms with van der Waals surface area (Å²) in [5.41, 5.74) is -0.569. The van der Waals surface area contributed by atoms with Gasteiger partial charge in [0.25, 0.3) is 5.56 Å². The second-order valence-corrected chi connectivity index (χ2v) is 10.4.